The van der Waals surface area contributed by atoms with E-state index in [1.165, 1.54) is 38.5 Å². The van der Waals surface area contributed by atoms with Gasteiger partial charge in [0.1, 0.15) is 0 Å². The predicted octanol–water partition coefficient (Wildman–Crippen LogP) is 3.16. The Morgan fingerprint density at radius 3 is 2.29 bits per heavy atom. The first kappa shape index (κ1) is 13.6. The summed E-state index contributed by atoms with van der Waals surface area (Å²) in [6, 6.07) is 0.414. The molecule has 0 amide bonds. The van der Waals surface area contributed by atoms with Crippen molar-refractivity contribution in [1.82, 2.24) is 0 Å². The molecule has 1 unspecified atom stereocenters. The van der Waals surface area contributed by atoms with Gasteiger partial charge < -0.3 is 10.7 Å². The topological polar surface area (TPSA) is 38.4 Å². The maximum atomic E-state index is 5.99. The zero-order valence-corrected chi connectivity index (χ0v) is 9.67. The Balaban J connectivity index is 3.10. The fourth-order valence-corrected chi connectivity index (χ4v) is 1.61. The molecule has 2 heteroatoms. The fraction of sp³-hybridized carbons (Fsp3) is 0.917. The summed E-state index contributed by atoms with van der Waals surface area (Å²) in [6.45, 7) is 6.60. The van der Waals surface area contributed by atoms with Crippen LogP contribution in [0, 0.1) is 0 Å². The van der Waals surface area contributed by atoms with Crippen molar-refractivity contribution in [2.45, 2.75) is 64.3 Å². The van der Waals surface area contributed by atoms with E-state index in [9.17, 15) is 0 Å². The third-order valence-corrected chi connectivity index (χ3v) is 2.57. The molecule has 0 saturated carbocycles. The Morgan fingerprint density at radius 1 is 1.07 bits per heavy atom. The van der Waals surface area contributed by atoms with Crippen molar-refractivity contribution in [2.24, 2.45) is 10.7 Å². The molecule has 0 aliphatic rings. The van der Waals surface area contributed by atoms with Crippen LogP contribution in [0.15, 0.2) is 4.99 Å². The molecule has 0 aromatic carbocycles. The van der Waals surface area contributed by atoms with Gasteiger partial charge in [-0.3, -0.25) is 0 Å². The van der Waals surface area contributed by atoms with Crippen LogP contribution in [0.4, 0.5) is 0 Å². The van der Waals surface area contributed by atoms with Gasteiger partial charge in [0.05, 0.1) is 0 Å². The number of aliphatic imine (C=N–C) groups is 1. The van der Waals surface area contributed by atoms with Gasteiger partial charge in [0.2, 0.25) is 0 Å². The quantitative estimate of drug-likeness (QED) is 0.425. The lowest BCUT2D eigenvalue weighted by Gasteiger charge is -2.10. The summed E-state index contributed by atoms with van der Waals surface area (Å²) in [4.78, 5) is 3.83. The number of nitrogens with zero attached hydrogens (tertiary/aromatic N) is 1. The van der Waals surface area contributed by atoms with Gasteiger partial charge >= 0.3 is 0 Å². The molecule has 0 aliphatic carbocycles. The fourth-order valence-electron chi connectivity index (χ4n) is 1.61. The molecule has 0 aromatic heterocycles. The van der Waals surface area contributed by atoms with Crippen molar-refractivity contribution in [3.63, 3.8) is 0 Å². The van der Waals surface area contributed by atoms with E-state index < -0.39 is 0 Å². The second kappa shape index (κ2) is 10.7. The van der Waals surface area contributed by atoms with E-state index in [2.05, 4.69) is 18.6 Å². The van der Waals surface area contributed by atoms with Crippen LogP contribution in [-0.4, -0.2) is 19.3 Å². The summed E-state index contributed by atoms with van der Waals surface area (Å²) in [6.07, 6.45) is 10.0. The van der Waals surface area contributed by atoms with Crippen molar-refractivity contribution >= 4 is 6.72 Å². The van der Waals surface area contributed by atoms with Crippen molar-refractivity contribution in [1.29, 1.82) is 0 Å². The van der Waals surface area contributed by atoms with Crippen LogP contribution in [0.2, 0.25) is 0 Å². The lowest BCUT2D eigenvalue weighted by Crippen LogP contribution is -2.19. The normalized spacial score (nSPS) is 12.7. The van der Waals surface area contributed by atoms with E-state index in [-0.39, 0.29) is 0 Å². The van der Waals surface area contributed by atoms with E-state index in [0.29, 0.717) is 6.04 Å². The van der Waals surface area contributed by atoms with E-state index >= 15 is 0 Å². The first-order valence-electron chi connectivity index (χ1n) is 5.99. The van der Waals surface area contributed by atoms with Crippen LogP contribution in [0.1, 0.15) is 58.3 Å². The Morgan fingerprint density at radius 2 is 1.71 bits per heavy atom. The van der Waals surface area contributed by atoms with Gasteiger partial charge in [0, 0.05) is 12.6 Å². The summed E-state index contributed by atoms with van der Waals surface area (Å²) in [5.41, 5.74) is 5.99. The Bertz CT molecular complexity index is 123. The molecule has 0 heterocycles. The average Bonchev–Trinajstić information content (AvgIpc) is 2.19. The molecule has 14 heavy (non-hydrogen) atoms. The molecule has 0 radical (unpaired) electrons. The highest BCUT2D eigenvalue weighted by molar-refractivity contribution is 5.22. The number of hydrogen-bond donors (Lipinski definition) is 1. The standard InChI is InChI=1S/C12H26N2/c1-3-4-5-6-9-12(13)10-7-8-11-14-2/h12H,2-11,13H2,1H3. The van der Waals surface area contributed by atoms with E-state index in [1.807, 2.05) is 0 Å². The minimum Gasteiger partial charge on any atom is -0.328 e. The third kappa shape index (κ3) is 9.72. The maximum Gasteiger partial charge on any atom is 0.0382 e. The molecule has 84 valence electrons. The van der Waals surface area contributed by atoms with E-state index in [1.54, 1.807) is 0 Å². The summed E-state index contributed by atoms with van der Waals surface area (Å²) in [5.74, 6) is 0. The molecule has 2 N–H and O–H groups in total. The first-order chi connectivity index (χ1) is 6.81. The number of nitrogens with two attached hydrogens (primary N) is 1. The van der Waals surface area contributed by atoms with Crippen LogP contribution in [0.3, 0.4) is 0 Å². The molecule has 0 aliphatic heterocycles. The molecule has 0 spiro atoms. The summed E-state index contributed by atoms with van der Waals surface area (Å²) in [5, 5.41) is 0. The Labute approximate surface area is 89.0 Å². The monoisotopic (exact) mass is 198 g/mol. The average molecular weight is 198 g/mol. The predicted molar refractivity (Wildman–Crippen MR) is 65.0 cm³/mol. The van der Waals surface area contributed by atoms with Gasteiger partial charge in [-0.1, -0.05) is 39.0 Å². The Hall–Kier alpha value is -0.370. The lowest BCUT2D eigenvalue weighted by atomic mass is 10.0. The molecule has 2 nitrogen and oxygen atoms in total. The van der Waals surface area contributed by atoms with Gasteiger partial charge in [-0.25, -0.2) is 0 Å². The van der Waals surface area contributed by atoms with Gasteiger partial charge in [-0.05, 0) is 26.0 Å². The highest BCUT2D eigenvalue weighted by Gasteiger charge is 2.01. The molecule has 0 saturated heterocycles. The number of unbranched alkanes of at least 4 members (excludes halogenated alkanes) is 4. The molecular formula is C12H26N2. The molecular weight excluding hydrogens is 172 g/mol. The maximum absolute atomic E-state index is 5.99. The van der Waals surface area contributed by atoms with Crippen molar-refractivity contribution in [3.05, 3.63) is 0 Å². The zero-order chi connectivity index (χ0) is 10.6. The number of rotatable bonds is 10. The van der Waals surface area contributed by atoms with Crippen molar-refractivity contribution < 1.29 is 0 Å². The van der Waals surface area contributed by atoms with Crippen LogP contribution in [0.5, 0.6) is 0 Å². The van der Waals surface area contributed by atoms with Crippen molar-refractivity contribution in [3.8, 4) is 0 Å². The first-order valence-corrected chi connectivity index (χ1v) is 5.99. The highest BCUT2D eigenvalue weighted by Crippen LogP contribution is 2.08. The second-order valence-electron chi connectivity index (χ2n) is 4.05. The Kier molecular flexibility index (Phi) is 10.4. The van der Waals surface area contributed by atoms with Crippen LogP contribution in [0.25, 0.3) is 0 Å². The summed E-state index contributed by atoms with van der Waals surface area (Å²) < 4.78 is 0. The number of hydrogen-bond acceptors (Lipinski definition) is 2. The minimum atomic E-state index is 0.414. The minimum absolute atomic E-state index is 0.414. The SMILES string of the molecule is C=NCCCCC(N)CCCCCC. The van der Waals surface area contributed by atoms with Crippen molar-refractivity contribution in [2.75, 3.05) is 6.54 Å². The van der Waals surface area contributed by atoms with Crippen LogP contribution in [-0.2, 0) is 0 Å². The molecule has 0 fully saturated rings. The van der Waals surface area contributed by atoms with Gasteiger partial charge in [-0.15, -0.1) is 0 Å². The molecule has 0 rings (SSSR count). The van der Waals surface area contributed by atoms with Gasteiger partial charge in [0.15, 0.2) is 0 Å². The molecule has 1 atom stereocenters. The highest BCUT2D eigenvalue weighted by atomic mass is 14.7. The summed E-state index contributed by atoms with van der Waals surface area (Å²) >= 11 is 0. The largest absolute Gasteiger partial charge is 0.328 e. The van der Waals surface area contributed by atoms with E-state index in [4.69, 9.17) is 5.73 Å². The van der Waals surface area contributed by atoms with Gasteiger partial charge in [0.25, 0.3) is 0 Å². The van der Waals surface area contributed by atoms with E-state index in [0.717, 1.165) is 19.4 Å². The molecule has 0 aromatic rings. The summed E-state index contributed by atoms with van der Waals surface area (Å²) in [7, 11) is 0. The third-order valence-electron chi connectivity index (χ3n) is 2.57. The van der Waals surface area contributed by atoms with Crippen LogP contribution >= 0.6 is 0 Å². The zero-order valence-electron chi connectivity index (χ0n) is 9.67. The smallest absolute Gasteiger partial charge is 0.0382 e. The molecule has 0 bridgehead atoms. The van der Waals surface area contributed by atoms with Gasteiger partial charge in [-0.2, -0.15) is 0 Å². The second-order valence-corrected chi connectivity index (χ2v) is 4.05. The lowest BCUT2D eigenvalue weighted by molar-refractivity contribution is 0.501. The van der Waals surface area contributed by atoms with Crippen LogP contribution < -0.4 is 5.73 Å².